The van der Waals surface area contributed by atoms with Crippen molar-refractivity contribution in [2.45, 2.75) is 6.04 Å². The molecule has 0 aliphatic carbocycles. The van der Waals surface area contributed by atoms with Crippen LogP contribution >= 0.6 is 0 Å². The first-order valence-corrected chi connectivity index (χ1v) is 6.46. The highest BCUT2D eigenvalue weighted by atomic mass is 28.3. The van der Waals surface area contributed by atoms with Gasteiger partial charge < -0.3 is 10.3 Å². The molecular formula is C10H16FN2Si. The Kier molecular flexibility index (Phi) is 4.25. The molecule has 0 amide bonds. The van der Waals surface area contributed by atoms with Crippen molar-refractivity contribution in [3.8, 4) is 0 Å². The summed E-state index contributed by atoms with van der Waals surface area (Å²) in [5.41, 5.74) is 6.71. The van der Waals surface area contributed by atoms with Gasteiger partial charge in [-0.05, 0) is 37.8 Å². The molecular weight excluding hydrogens is 195 g/mol. The zero-order valence-corrected chi connectivity index (χ0v) is 9.63. The first-order valence-electron chi connectivity index (χ1n) is 4.60. The summed E-state index contributed by atoms with van der Waals surface area (Å²) in [4.78, 5) is 0. The highest BCUT2D eigenvalue weighted by molar-refractivity contribution is 6.55. The molecule has 0 bridgehead atoms. The minimum Gasteiger partial charge on any atom is -0.332 e. The van der Waals surface area contributed by atoms with Crippen molar-refractivity contribution in [2.75, 3.05) is 20.3 Å². The monoisotopic (exact) mass is 211 g/mol. The molecule has 1 rings (SSSR count). The van der Waals surface area contributed by atoms with E-state index in [9.17, 15) is 4.39 Å². The van der Waals surface area contributed by atoms with Crippen molar-refractivity contribution in [3.05, 3.63) is 35.6 Å². The molecule has 77 valence electrons. The average molecular weight is 211 g/mol. The smallest absolute Gasteiger partial charge is 0.155 e. The number of nitrogens with two attached hydrogens (primary N) is 1. The molecule has 0 aliphatic rings. The van der Waals surface area contributed by atoms with Crippen LogP contribution in [0, 0.1) is 5.82 Å². The molecule has 0 unspecified atom stereocenters. The first-order chi connectivity index (χ1) is 6.63. The number of hydrogen-bond acceptors (Lipinski definition) is 2. The predicted octanol–water partition coefficient (Wildman–Crippen LogP) is 0.958. The minimum atomic E-state index is -0.725. The van der Waals surface area contributed by atoms with Gasteiger partial charge in [-0.3, -0.25) is 0 Å². The van der Waals surface area contributed by atoms with E-state index in [1.807, 2.05) is 20.2 Å². The standard InChI is InChI=1S/C10H16FN2Si/c1-13(2)14(8-12)7-9-4-3-5-10(11)6-9/h3-6H,7-8,12H2,1-2H3. The Morgan fingerprint density at radius 2 is 2.14 bits per heavy atom. The van der Waals surface area contributed by atoms with Gasteiger partial charge >= 0.3 is 0 Å². The highest BCUT2D eigenvalue weighted by Crippen LogP contribution is 2.06. The molecule has 0 saturated heterocycles. The third-order valence-corrected chi connectivity index (χ3v) is 4.72. The quantitative estimate of drug-likeness (QED) is 0.752. The van der Waals surface area contributed by atoms with Crippen LogP contribution in [0.3, 0.4) is 0 Å². The lowest BCUT2D eigenvalue weighted by atomic mass is 10.2. The lowest BCUT2D eigenvalue weighted by Crippen LogP contribution is -2.42. The predicted molar refractivity (Wildman–Crippen MR) is 58.6 cm³/mol. The molecule has 0 aromatic heterocycles. The van der Waals surface area contributed by atoms with Crippen LogP contribution in [0.15, 0.2) is 24.3 Å². The fraction of sp³-hybridized carbons (Fsp3) is 0.400. The zero-order valence-electron chi connectivity index (χ0n) is 8.63. The van der Waals surface area contributed by atoms with Gasteiger partial charge in [-0.15, -0.1) is 0 Å². The summed E-state index contributed by atoms with van der Waals surface area (Å²) in [6.45, 7) is 0. The van der Waals surface area contributed by atoms with Gasteiger partial charge in [0, 0.05) is 6.17 Å². The van der Waals surface area contributed by atoms with Crippen LogP contribution in [0.2, 0.25) is 0 Å². The molecule has 14 heavy (non-hydrogen) atoms. The fourth-order valence-electron chi connectivity index (χ4n) is 1.30. The summed E-state index contributed by atoms with van der Waals surface area (Å²) < 4.78 is 15.1. The highest BCUT2D eigenvalue weighted by Gasteiger charge is 2.13. The summed E-state index contributed by atoms with van der Waals surface area (Å²) >= 11 is 0. The Bertz CT molecular complexity index is 291. The van der Waals surface area contributed by atoms with Crippen molar-refractivity contribution in [3.63, 3.8) is 0 Å². The molecule has 1 aromatic carbocycles. The van der Waals surface area contributed by atoms with Gasteiger partial charge in [0.25, 0.3) is 0 Å². The zero-order chi connectivity index (χ0) is 10.6. The molecule has 0 aliphatic heterocycles. The fourth-order valence-corrected chi connectivity index (χ4v) is 2.81. The van der Waals surface area contributed by atoms with Crippen molar-refractivity contribution >= 4 is 8.96 Å². The third kappa shape index (κ3) is 3.21. The van der Waals surface area contributed by atoms with E-state index in [-0.39, 0.29) is 5.82 Å². The Morgan fingerprint density at radius 1 is 1.43 bits per heavy atom. The first kappa shape index (κ1) is 11.4. The molecule has 1 radical (unpaired) electrons. The van der Waals surface area contributed by atoms with Gasteiger partial charge in [0.1, 0.15) is 5.82 Å². The van der Waals surface area contributed by atoms with E-state index in [1.165, 1.54) is 6.07 Å². The van der Waals surface area contributed by atoms with E-state index in [1.54, 1.807) is 12.1 Å². The van der Waals surface area contributed by atoms with E-state index >= 15 is 0 Å². The minimum absolute atomic E-state index is 0.167. The molecule has 4 heteroatoms. The molecule has 0 atom stereocenters. The van der Waals surface area contributed by atoms with Crippen LogP contribution in [0.25, 0.3) is 0 Å². The van der Waals surface area contributed by atoms with Crippen LogP contribution in [-0.2, 0) is 6.04 Å². The summed E-state index contributed by atoms with van der Waals surface area (Å²) in [7, 11) is 3.33. The average Bonchev–Trinajstić information content (AvgIpc) is 2.14. The maximum Gasteiger partial charge on any atom is 0.155 e. The van der Waals surface area contributed by atoms with Crippen LogP contribution in [0.4, 0.5) is 4.39 Å². The molecule has 0 saturated carbocycles. The Hall–Kier alpha value is -0.713. The van der Waals surface area contributed by atoms with Crippen LogP contribution in [0.1, 0.15) is 5.56 Å². The van der Waals surface area contributed by atoms with Gasteiger partial charge in [-0.25, -0.2) is 4.39 Å². The summed E-state index contributed by atoms with van der Waals surface area (Å²) in [5, 5.41) is 0. The second kappa shape index (κ2) is 5.24. The third-order valence-electron chi connectivity index (χ3n) is 2.17. The van der Waals surface area contributed by atoms with Crippen molar-refractivity contribution < 1.29 is 4.39 Å². The SMILES string of the molecule is CN(C)[Si](CN)Cc1cccc(F)c1. The molecule has 0 fully saturated rings. The molecule has 0 heterocycles. The van der Waals surface area contributed by atoms with Crippen molar-refractivity contribution in [2.24, 2.45) is 5.73 Å². The lowest BCUT2D eigenvalue weighted by Gasteiger charge is -2.20. The lowest BCUT2D eigenvalue weighted by molar-refractivity contribution is 0.621. The number of halogens is 1. The van der Waals surface area contributed by atoms with Gasteiger partial charge in [0.2, 0.25) is 0 Å². The van der Waals surface area contributed by atoms with E-state index < -0.39 is 8.96 Å². The van der Waals surface area contributed by atoms with Gasteiger partial charge in [-0.2, -0.15) is 0 Å². The number of hydrogen-bond donors (Lipinski definition) is 1. The number of nitrogens with zero attached hydrogens (tertiary/aromatic N) is 1. The maximum absolute atomic E-state index is 12.9. The summed E-state index contributed by atoms with van der Waals surface area (Å²) in [6, 6.07) is 7.65. The Morgan fingerprint density at radius 3 is 2.64 bits per heavy atom. The van der Waals surface area contributed by atoms with Crippen molar-refractivity contribution in [1.29, 1.82) is 0 Å². The Labute approximate surface area is 86.2 Å². The molecule has 0 spiro atoms. The van der Waals surface area contributed by atoms with Crippen LogP contribution < -0.4 is 5.73 Å². The number of rotatable bonds is 4. The summed E-state index contributed by atoms with van der Waals surface area (Å²) in [6.07, 6.45) is 0.689. The topological polar surface area (TPSA) is 29.3 Å². The van der Waals surface area contributed by atoms with Crippen molar-refractivity contribution in [1.82, 2.24) is 4.57 Å². The van der Waals surface area contributed by atoms with Gasteiger partial charge in [0.05, 0.1) is 0 Å². The second-order valence-corrected chi connectivity index (χ2v) is 6.26. The van der Waals surface area contributed by atoms with E-state index in [2.05, 4.69) is 4.57 Å². The number of benzene rings is 1. The van der Waals surface area contributed by atoms with Crippen LogP contribution in [0.5, 0.6) is 0 Å². The Balaban J connectivity index is 2.67. The molecule has 2 N–H and O–H groups in total. The van der Waals surface area contributed by atoms with Gasteiger partial charge in [-0.1, -0.05) is 12.1 Å². The summed E-state index contributed by atoms with van der Waals surface area (Å²) in [5.74, 6) is -0.167. The van der Waals surface area contributed by atoms with Gasteiger partial charge in [0.15, 0.2) is 8.96 Å². The second-order valence-electron chi connectivity index (χ2n) is 3.47. The van der Waals surface area contributed by atoms with E-state index in [4.69, 9.17) is 5.73 Å². The molecule has 1 aromatic rings. The largest absolute Gasteiger partial charge is 0.332 e. The molecule has 2 nitrogen and oxygen atoms in total. The maximum atomic E-state index is 12.9. The van der Waals surface area contributed by atoms with Crippen LogP contribution in [-0.4, -0.2) is 33.8 Å². The van der Waals surface area contributed by atoms with E-state index in [0.717, 1.165) is 11.6 Å². The normalized spacial score (nSPS) is 11.3. The van der Waals surface area contributed by atoms with E-state index in [0.29, 0.717) is 6.17 Å².